The van der Waals surface area contributed by atoms with Crippen molar-refractivity contribution < 1.29 is 9.57 Å². The zero-order valence-electron chi connectivity index (χ0n) is 13.9. The smallest absolute Gasteiger partial charge is 0.264 e. The molecule has 2 aromatic carbocycles. The molecule has 0 atom stereocenters. The van der Waals surface area contributed by atoms with Gasteiger partial charge in [-0.15, -0.1) is 0 Å². The lowest BCUT2D eigenvalue weighted by Gasteiger charge is -2.07. The maximum absolute atomic E-state index is 5.40. The van der Waals surface area contributed by atoms with Gasteiger partial charge in [0.25, 0.3) is 5.52 Å². The molecule has 0 bridgehead atoms. The number of hydrogen-bond acceptors (Lipinski definition) is 2. The Labute approximate surface area is 141 Å². The molecule has 3 heteroatoms. The Balaban J connectivity index is 1.79. The third kappa shape index (κ3) is 2.48. The van der Waals surface area contributed by atoms with Gasteiger partial charge in [0.1, 0.15) is 7.11 Å². The number of benzene rings is 2. The highest BCUT2D eigenvalue weighted by Gasteiger charge is 2.12. The van der Waals surface area contributed by atoms with Crippen LogP contribution < -0.4 is 9.57 Å². The summed E-state index contributed by atoms with van der Waals surface area (Å²) in [5.41, 5.74) is 5.71. The summed E-state index contributed by atoms with van der Waals surface area (Å²) in [6, 6.07) is 21.0. The largest absolute Gasteiger partial charge is 0.274 e. The molecule has 24 heavy (non-hydrogen) atoms. The highest BCUT2D eigenvalue weighted by Crippen LogP contribution is 2.21. The van der Waals surface area contributed by atoms with E-state index in [0.717, 1.165) is 23.1 Å². The summed E-state index contributed by atoms with van der Waals surface area (Å²) in [4.78, 5) is 10.2. The Morgan fingerprint density at radius 2 is 1.79 bits per heavy atom. The molecule has 4 aromatic rings. The zero-order valence-corrected chi connectivity index (χ0v) is 13.9. The van der Waals surface area contributed by atoms with Gasteiger partial charge in [0.2, 0.25) is 6.20 Å². The predicted octanol–water partition coefficient (Wildman–Crippen LogP) is 3.63. The Morgan fingerprint density at radius 1 is 0.917 bits per heavy atom. The number of pyridine rings is 2. The van der Waals surface area contributed by atoms with Gasteiger partial charge in [-0.2, -0.15) is 0 Å². The topological polar surface area (TPSA) is 26.0 Å². The van der Waals surface area contributed by atoms with Crippen molar-refractivity contribution in [2.45, 2.75) is 13.3 Å². The molecule has 0 aliphatic heterocycles. The van der Waals surface area contributed by atoms with Gasteiger partial charge >= 0.3 is 0 Å². The number of aryl methyl sites for hydroxylation is 1. The maximum atomic E-state index is 5.40. The van der Waals surface area contributed by atoms with E-state index in [4.69, 9.17) is 9.82 Å². The zero-order chi connectivity index (χ0) is 16.5. The van der Waals surface area contributed by atoms with Gasteiger partial charge in [-0.05, 0) is 36.2 Å². The molecule has 0 unspecified atom stereocenters. The Kier molecular flexibility index (Phi) is 3.62. The van der Waals surface area contributed by atoms with Gasteiger partial charge in [0, 0.05) is 34.4 Å². The van der Waals surface area contributed by atoms with Crippen LogP contribution in [0.15, 0.2) is 66.9 Å². The molecule has 0 radical (unpaired) electrons. The number of fused-ring (bicyclic) bond motifs is 2. The van der Waals surface area contributed by atoms with E-state index in [-0.39, 0.29) is 0 Å². The fourth-order valence-electron chi connectivity index (χ4n) is 3.24. The number of nitrogens with zero attached hydrogens (tertiary/aromatic N) is 2. The van der Waals surface area contributed by atoms with Crippen LogP contribution in [0.25, 0.3) is 21.8 Å². The van der Waals surface area contributed by atoms with Crippen LogP contribution >= 0.6 is 0 Å². The molecule has 0 saturated heterocycles. The normalized spacial score (nSPS) is 11.1. The number of aromatic nitrogens is 2. The molecule has 4 rings (SSSR count). The van der Waals surface area contributed by atoms with E-state index in [0.29, 0.717) is 0 Å². The van der Waals surface area contributed by atoms with Gasteiger partial charge in [-0.25, -0.2) is 0 Å². The van der Waals surface area contributed by atoms with E-state index in [1.807, 2.05) is 12.3 Å². The maximum Gasteiger partial charge on any atom is 0.264 e. The number of rotatable bonds is 3. The standard InChI is InChI=1S/C21H19N2O/c1-15-6-3-9-20-18(15)12-11-17(22-20)14-16-7-4-10-21-19(16)8-5-13-23(21)24-2/h3-13H,14H2,1-2H3/q+1. The van der Waals surface area contributed by atoms with Crippen molar-refractivity contribution in [3.8, 4) is 0 Å². The first-order valence-electron chi connectivity index (χ1n) is 8.08. The first kappa shape index (κ1) is 14.6. The van der Waals surface area contributed by atoms with Crippen molar-refractivity contribution in [1.29, 1.82) is 0 Å². The van der Waals surface area contributed by atoms with Crippen LogP contribution in [0, 0.1) is 6.92 Å². The van der Waals surface area contributed by atoms with Crippen LogP contribution in [0.5, 0.6) is 0 Å². The molecule has 2 heterocycles. The minimum Gasteiger partial charge on any atom is -0.274 e. The van der Waals surface area contributed by atoms with Gasteiger partial charge in [-0.3, -0.25) is 9.82 Å². The van der Waals surface area contributed by atoms with Gasteiger partial charge in [0.05, 0.1) is 10.9 Å². The molecule has 0 N–H and O–H groups in total. The highest BCUT2D eigenvalue weighted by atomic mass is 16.6. The van der Waals surface area contributed by atoms with Crippen molar-refractivity contribution in [1.82, 2.24) is 4.98 Å². The molecule has 3 nitrogen and oxygen atoms in total. The quantitative estimate of drug-likeness (QED) is 0.540. The second-order valence-electron chi connectivity index (χ2n) is 5.99. The van der Waals surface area contributed by atoms with E-state index < -0.39 is 0 Å². The van der Waals surface area contributed by atoms with E-state index >= 15 is 0 Å². The average molecular weight is 315 g/mol. The average Bonchev–Trinajstić information content (AvgIpc) is 2.62. The number of hydrogen-bond donors (Lipinski definition) is 0. The third-order valence-electron chi connectivity index (χ3n) is 4.47. The third-order valence-corrected chi connectivity index (χ3v) is 4.47. The van der Waals surface area contributed by atoms with Crippen molar-refractivity contribution in [2.75, 3.05) is 7.11 Å². The summed E-state index contributed by atoms with van der Waals surface area (Å²) in [6.07, 6.45) is 2.72. The summed E-state index contributed by atoms with van der Waals surface area (Å²) in [7, 11) is 1.68. The van der Waals surface area contributed by atoms with Crippen LogP contribution in [-0.4, -0.2) is 12.1 Å². The second kappa shape index (κ2) is 5.93. The van der Waals surface area contributed by atoms with Crippen LogP contribution in [0.4, 0.5) is 0 Å². The van der Waals surface area contributed by atoms with Gasteiger partial charge in [-0.1, -0.05) is 30.3 Å². The summed E-state index contributed by atoms with van der Waals surface area (Å²) >= 11 is 0. The summed E-state index contributed by atoms with van der Waals surface area (Å²) < 4.78 is 1.79. The molecule has 0 aliphatic rings. The molecule has 0 fully saturated rings. The fraction of sp³-hybridized carbons (Fsp3) is 0.143. The van der Waals surface area contributed by atoms with Crippen LogP contribution in [0.2, 0.25) is 0 Å². The lowest BCUT2D eigenvalue weighted by atomic mass is 10.0. The monoisotopic (exact) mass is 315 g/mol. The predicted molar refractivity (Wildman–Crippen MR) is 95.9 cm³/mol. The van der Waals surface area contributed by atoms with E-state index in [2.05, 4.69) is 61.5 Å². The fourth-order valence-corrected chi connectivity index (χ4v) is 3.24. The van der Waals surface area contributed by atoms with Crippen LogP contribution in [0.1, 0.15) is 16.8 Å². The molecule has 0 spiro atoms. The van der Waals surface area contributed by atoms with Crippen LogP contribution in [0.3, 0.4) is 0 Å². The minimum absolute atomic E-state index is 0.801. The summed E-state index contributed by atoms with van der Waals surface area (Å²) in [5.74, 6) is 0. The molecule has 2 aromatic heterocycles. The van der Waals surface area contributed by atoms with E-state index in [1.54, 1.807) is 11.8 Å². The van der Waals surface area contributed by atoms with E-state index in [9.17, 15) is 0 Å². The van der Waals surface area contributed by atoms with Crippen molar-refractivity contribution >= 4 is 21.8 Å². The highest BCUT2D eigenvalue weighted by molar-refractivity contribution is 5.82. The van der Waals surface area contributed by atoms with Crippen molar-refractivity contribution in [3.05, 3.63) is 83.7 Å². The SMILES string of the molecule is CO[n+]1cccc2c(Cc3ccc4c(C)cccc4n3)cccc21. The van der Waals surface area contributed by atoms with Crippen LogP contribution in [-0.2, 0) is 6.42 Å². The van der Waals surface area contributed by atoms with E-state index in [1.165, 1.54) is 21.9 Å². The van der Waals surface area contributed by atoms with Crippen molar-refractivity contribution in [3.63, 3.8) is 0 Å². The molecule has 0 saturated carbocycles. The Hall–Kier alpha value is -2.94. The Morgan fingerprint density at radius 3 is 2.67 bits per heavy atom. The summed E-state index contributed by atoms with van der Waals surface area (Å²) in [5, 5.41) is 2.41. The molecular formula is C21H19N2O+. The molecule has 0 amide bonds. The first-order chi connectivity index (χ1) is 11.8. The minimum atomic E-state index is 0.801. The second-order valence-corrected chi connectivity index (χ2v) is 5.99. The van der Waals surface area contributed by atoms with Gasteiger partial charge in [0.15, 0.2) is 0 Å². The Bertz CT molecular complexity index is 1040. The lowest BCUT2D eigenvalue weighted by molar-refractivity contribution is -0.865. The molecule has 118 valence electrons. The van der Waals surface area contributed by atoms with Crippen molar-refractivity contribution in [2.24, 2.45) is 0 Å². The molecular weight excluding hydrogens is 296 g/mol. The summed E-state index contributed by atoms with van der Waals surface area (Å²) in [6.45, 7) is 2.12. The lowest BCUT2D eigenvalue weighted by Crippen LogP contribution is -2.40. The first-order valence-corrected chi connectivity index (χ1v) is 8.08. The molecule has 0 aliphatic carbocycles. The van der Waals surface area contributed by atoms with Gasteiger partial charge < -0.3 is 0 Å².